The Labute approximate surface area is 112 Å². The third kappa shape index (κ3) is 1.55. The molecule has 4 nitrogen and oxygen atoms in total. The maximum absolute atomic E-state index is 12.2. The van der Waals surface area contributed by atoms with Crippen LogP contribution in [0.2, 0.25) is 0 Å². The van der Waals surface area contributed by atoms with Crippen LogP contribution in [0.15, 0.2) is 11.1 Å². The molecule has 0 spiro atoms. The molecule has 0 amide bonds. The summed E-state index contributed by atoms with van der Waals surface area (Å²) in [7, 11) is 0. The van der Waals surface area contributed by atoms with Crippen molar-refractivity contribution in [2.24, 2.45) is 17.3 Å². The van der Waals surface area contributed by atoms with E-state index in [0.717, 1.165) is 6.42 Å². The van der Waals surface area contributed by atoms with Gasteiger partial charge in [-0.1, -0.05) is 13.8 Å². The van der Waals surface area contributed by atoms with E-state index in [4.69, 9.17) is 4.74 Å². The van der Waals surface area contributed by atoms with Crippen LogP contribution in [0.5, 0.6) is 0 Å². The molecule has 1 N–H and O–H groups in total. The molecule has 0 saturated heterocycles. The number of hydrogen-bond acceptors (Lipinski definition) is 4. The van der Waals surface area contributed by atoms with Crippen LogP contribution < -0.4 is 0 Å². The van der Waals surface area contributed by atoms with Crippen LogP contribution in [0.3, 0.4) is 0 Å². The summed E-state index contributed by atoms with van der Waals surface area (Å²) in [5.74, 6) is -1.56. The first kappa shape index (κ1) is 12.9. The second-order valence-electron chi connectivity index (χ2n) is 6.62. The van der Waals surface area contributed by atoms with E-state index >= 15 is 0 Å². The van der Waals surface area contributed by atoms with Crippen molar-refractivity contribution in [3.63, 3.8) is 0 Å². The number of ketones is 1. The smallest absolute Gasteiger partial charge is 0.336 e. The Morgan fingerprint density at radius 3 is 2.74 bits per heavy atom. The van der Waals surface area contributed by atoms with Crippen LogP contribution in [0, 0.1) is 17.3 Å². The fraction of sp³-hybridized carbons (Fsp3) is 0.733. The Hall–Kier alpha value is -1.16. The highest BCUT2D eigenvalue weighted by molar-refractivity contribution is 5.93. The molecule has 0 bridgehead atoms. The molecule has 2 saturated carbocycles. The van der Waals surface area contributed by atoms with Gasteiger partial charge in [0.1, 0.15) is 5.78 Å². The van der Waals surface area contributed by atoms with Crippen LogP contribution in [-0.4, -0.2) is 22.6 Å². The summed E-state index contributed by atoms with van der Waals surface area (Å²) in [6, 6.07) is 0. The van der Waals surface area contributed by atoms with E-state index in [-0.39, 0.29) is 23.5 Å². The van der Waals surface area contributed by atoms with Gasteiger partial charge >= 0.3 is 5.97 Å². The van der Waals surface area contributed by atoms with E-state index < -0.39 is 11.8 Å². The molecule has 1 aliphatic heterocycles. The minimum atomic E-state index is -1.53. The number of aliphatic hydroxyl groups is 1. The minimum Gasteiger partial charge on any atom is -0.426 e. The van der Waals surface area contributed by atoms with Gasteiger partial charge in [-0.15, -0.1) is 0 Å². The third-order valence-corrected chi connectivity index (χ3v) is 5.66. The van der Waals surface area contributed by atoms with E-state index in [1.54, 1.807) is 6.92 Å². The van der Waals surface area contributed by atoms with Crippen molar-refractivity contribution >= 4 is 11.8 Å². The third-order valence-electron chi connectivity index (χ3n) is 5.66. The molecule has 0 unspecified atom stereocenters. The summed E-state index contributed by atoms with van der Waals surface area (Å²) in [6.07, 6.45) is 2.28. The molecule has 1 heterocycles. The van der Waals surface area contributed by atoms with Gasteiger partial charge in [-0.2, -0.15) is 0 Å². The van der Waals surface area contributed by atoms with Gasteiger partial charge in [0.05, 0.1) is 0 Å². The number of carbonyl (C=O) groups excluding carboxylic acids is 2. The van der Waals surface area contributed by atoms with Crippen molar-refractivity contribution in [1.29, 1.82) is 0 Å². The second kappa shape index (κ2) is 3.69. The van der Waals surface area contributed by atoms with Crippen molar-refractivity contribution in [3.8, 4) is 0 Å². The summed E-state index contributed by atoms with van der Waals surface area (Å²) in [5.41, 5.74) is 1.05. The highest BCUT2D eigenvalue weighted by atomic mass is 16.7. The maximum atomic E-state index is 12.2. The van der Waals surface area contributed by atoms with Crippen LogP contribution >= 0.6 is 0 Å². The van der Waals surface area contributed by atoms with Crippen molar-refractivity contribution in [2.75, 3.05) is 0 Å². The molecule has 4 atom stereocenters. The number of rotatable bonds is 0. The van der Waals surface area contributed by atoms with E-state index in [2.05, 4.69) is 13.8 Å². The molecule has 0 aromatic carbocycles. The SMILES string of the molecule is CC1=C2C[C@@]3(C)[C@H](C[C@]2(O)OC1=O)C(=O)CC[C@@H]3C. The summed E-state index contributed by atoms with van der Waals surface area (Å²) in [4.78, 5) is 23.9. The summed E-state index contributed by atoms with van der Waals surface area (Å²) < 4.78 is 5.13. The maximum Gasteiger partial charge on any atom is 0.336 e. The zero-order valence-corrected chi connectivity index (χ0v) is 11.7. The molecule has 3 rings (SSSR count). The quantitative estimate of drug-likeness (QED) is 0.679. The molecule has 0 aromatic heterocycles. The molecule has 0 radical (unpaired) electrons. The summed E-state index contributed by atoms with van der Waals surface area (Å²) in [6.45, 7) is 5.98. The predicted molar refractivity (Wildman–Crippen MR) is 68.0 cm³/mol. The van der Waals surface area contributed by atoms with Crippen molar-refractivity contribution < 1.29 is 19.4 Å². The Morgan fingerprint density at radius 2 is 2.05 bits per heavy atom. The molecule has 0 aromatic rings. The van der Waals surface area contributed by atoms with Crippen LogP contribution in [0.1, 0.15) is 46.5 Å². The van der Waals surface area contributed by atoms with E-state index in [0.29, 0.717) is 29.9 Å². The molecule has 104 valence electrons. The Kier molecular flexibility index (Phi) is 2.50. The largest absolute Gasteiger partial charge is 0.426 e. The number of ether oxygens (including phenoxy) is 1. The van der Waals surface area contributed by atoms with Gasteiger partial charge in [-0.3, -0.25) is 4.79 Å². The van der Waals surface area contributed by atoms with E-state index in [1.807, 2.05) is 0 Å². The fourth-order valence-corrected chi connectivity index (χ4v) is 4.02. The average Bonchev–Trinajstić information content (AvgIpc) is 2.55. The molecule has 3 aliphatic rings. The molecule has 4 heteroatoms. The highest BCUT2D eigenvalue weighted by Crippen LogP contribution is 2.58. The first-order chi connectivity index (χ1) is 8.78. The lowest BCUT2D eigenvalue weighted by Crippen LogP contribution is -2.53. The number of carbonyl (C=O) groups is 2. The zero-order chi connectivity index (χ0) is 14.0. The van der Waals surface area contributed by atoms with E-state index in [9.17, 15) is 14.7 Å². The second-order valence-corrected chi connectivity index (χ2v) is 6.62. The lowest BCUT2D eigenvalue weighted by atomic mass is 9.53. The Morgan fingerprint density at radius 1 is 1.37 bits per heavy atom. The van der Waals surface area contributed by atoms with Crippen LogP contribution in [0.25, 0.3) is 0 Å². The van der Waals surface area contributed by atoms with E-state index in [1.165, 1.54) is 0 Å². The van der Waals surface area contributed by atoms with Gasteiger partial charge in [0.2, 0.25) is 5.79 Å². The Bertz CT molecular complexity index is 506. The number of fused-ring (bicyclic) bond motifs is 2. The highest BCUT2D eigenvalue weighted by Gasteiger charge is 2.59. The Balaban J connectivity index is 2.07. The predicted octanol–water partition coefficient (Wildman–Crippen LogP) is 1.96. The zero-order valence-electron chi connectivity index (χ0n) is 11.7. The molecular weight excluding hydrogens is 244 g/mol. The fourth-order valence-electron chi connectivity index (χ4n) is 4.02. The molecular formula is C15H20O4. The van der Waals surface area contributed by atoms with Crippen molar-refractivity contribution in [3.05, 3.63) is 11.1 Å². The summed E-state index contributed by atoms with van der Waals surface area (Å²) >= 11 is 0. The van der Waals surface area contributed by atoms with Gasteiger partial charge in [0.15, 0.2) is 0 Å². The lowest BCUT2D eigenvalue weighted by Gasteiger charge is -2.51. The summed E-state index contributed by atoms with van der Waals surface area (Å²) in [5, 5.41) is 10.6. The van der Waals surface area contributed by atoms with Crippen LogP contribution in [0.4, 0.5) is 0 Å². The first-order valence-electron chi connectivity index (χ1n) is 6.96. The van der Waals surface area contributed by atoms with Gasteiger partial charge in [-0.25, -0.2) is 4.79 Å². The lowest BCUT2D eigenvalue weighted by molar-refractivity contribution is -0.204. The van der Waals surface area contributed by atoms with Crippen LogP contribution in [-0.2, 0) is 14.3 Å². The number of hydrogen-bond donors (Lipinski definition) is 1. The minimum absolute atomic E-state index is 0.161. The monoisotopic (exact) mass is 264 g/mol. The van der Waals surface area contributed by atoms with Gasteiger partial charge < -0.3 is 9.84 Å². The average molecular weight is 264 g/mol. The first-order valence-corrected chi connectivity index (χ1v) is 6.96. The molecule has 2 aliphatic carbocycles. The molecule has 2 fully saturated rings. The number of esters is 1. The molecule has 19 heavy (non-hydrogen) atoms. The standard InChI is InChI=1S/C15H20O4/c1-8-4-5-12(16)11-7-15(18)10(6-14(8,11)3)9(2)13(17)19-15/h8,11,18H,4-7H2,1-3H3/t8-,11+,14+,15-/m0/s1. The van der Waals surface area contributed by atoms with Gasteiger partial charge in [0, 0.05) is 29.9 Å². The van der Waals surface area contributed by atoms with Gasteiger partial charge in [-0.05, 0) is 31.1 Å². The number of Topliss-reactive ketones (excluding diaryl/α,β-unsaturated/α-hetero) is 1. The van der Waals surface area contributed by atoms with Crippen molar-refractivity contribution in [2.45, 2.75) is 52.2 Å². The van der Waals surface area contributed by atoms with Crippen molar-refractivity contribution in [1.82, 2.24) is 0 Å². The normalized spacial score (nSPS) is 45.9. The van der Waals surface area contributed by atoms with Gasteiger partial charge in [0.25, 0.3) is 0 Å². The topological polar surface area (TPSA) is 63.6 Å².